The molecule has 1 N–H and O–H groups in total. The number of H-pyrrole nitrogens is 1. The van der Waals surface area contributed by atoms with E-state index in [2.05, 4.69) is 23.8 Å². The summed E-state index contributed by atoms with van der Waals surface area (Å²) in [6, 6.07) is -0.113. The Labute approximate surface area is 203 Å². The molecule has 1 aliphatic heterocycles. The van der Waals surface area contributed by atoms with Crippen LogP contribution in [0.2, 0.25) is 0 Å². The molecule has 2 aliphatic rings. The Morgan fingerprint density at radius 1 is 1.27 bits per heavy atom. The first-order valence-corrected chi connectivity index (χ1v) is 15.5. The van der Waals surface area contributed by atoms with Gasteiger partial charge in [-0.25, -0.2) is 13.4 Å². The lowest BCUT2D eigenvalue weighted by Gasteiger charge is -2.34. The molecule has 0 bridgehead atoms. The number of nitrogens with zero attached hydrogens (tertiary/aromatic N) is 2. The first kappa shape index (κ1) is 24.7. The Balaban J connectivity index is 1.52. The summed E-state index contributed by atoms with van der Waals surface area (Å²) < 4.78 is 24.1. The van der Waals surface area contributed by atoms with Gasteiger partial charge in [0.15, 0.2) is 15.0 Å². The van der Waals surface area contributed by atoms with Crippen LogP contribution in [0.25, 0.3) is 10.2 Å². The summed E-state index contributed by atoms with van der Waals surface area (Å²) >= 11 is 2.77. The van der Waals surface area contributed by atoms with Crippen molar-refractivity contribution in [1.82, 2.24) is 14.9 Å². The highest BCUT2D eigenvalue weighted by atomic mass is 32.2. The average Bonchev–Trinajstić information content (AvgIpc) is 3.47. The van der Waals surface area contributed by atoms with Crippen molar-refractivity contribution in [3.63, 3.8) is 0 Å². The van der Waals surface area contributed by atoms with Crippen LogP contribution in [0, 0.1) is 12.8 Å². The van der Waals surface area contributed by atoms with Crippen LogP contribution in [-0.2, 0) is 21.1 Å². The zero-order chi connectivity index (χ0) is 23.8. The van der Waals surface area contributed by atoms with Crippen molar-refractivity contribution in [2.45, 2.75) is 83.0 Å². The monoisotopic (exact) mass is 511 g/mol. The molecule has 1 aliphatic carbocycles. The number of carbonyl (C=O) groups excluding carboxylic acids is 1. The van der Waals surface area contributed by atoms with Crippen molar-refractivity contribution in [1.29, 1.82) is 0 Å². The number of thiophene rings is 1. The number of aryl methyl sites for hydroxylation is 1. The lowest BCUT2D eigenvalue weighted by molar-refractivity contribution is -0.132. The smallest absolute Gasteiger partial charge is 0.260 e. The molecule has 1 saturated heterocycles. The van der Waals surface area contributed by atoms with E-state index < -0.39 is 9.84 Å². The molecule has 0 radical (unpaired) electrons. The van der Waals surface area contributed by atoms with E-state index in [1.54, 1.807) is 0 Å². The molecule has 0 unspecified atom stereocenters. The maximum Gasteiger partial charge on any atom is 0.260 e. The molecule has 3 heterocycles. The van der Waals surface area contributed by atoms with Crippen molar-refractivity contribution in [3.05, 3.63) is 20.8 Å². The Morgan fingerprint density at radius 3 is 2.64 bits per heavy atom. The first-order valence-electron chi connectivity index (χ1n) is 11.8. The second-order valence-corrected chi connectivity index (χ2v) is 13.9. The van der Waals surface area contributed by atoms with Crippen LogP contribution >= 0.6 is 23.1 Å². The third-order valence-electron chi connectivity index (χ3n) is 7.03. The maximum atomic E-state index is 13.3. The zero-order valence-electron chi connectivity index (χ0n) is 19.6. The summed E-state index contributed by atoms with van der Waals surface area (Å²) in [6.45, 7) is 6.37. The number of aromatic nitrogens is 2. The molecule has 0 spiro atoms. The highest BCUT2D eigenvalue weighted by Crippen LogP contribution is 2.32. The summed E-state index contributed by atoms with van der Waals surface area (Å²) in [7, 11) is -3.07. The number of aromatic amines is 1. The molecule has 2 fully saturated rings. The van der Waals surface area contributed by atoms with Crippen molar-refractivity contribution < 1.29 is 13.2 Å². The fourth-order valence-corrected chi connectivity index (χ4v) is 8.60. The van der Waals surface area contributed by atoms with E-state index >= 15 is 0 Å². The van der Waals surface area contributed by atoms with Crippen molar-refractivity contribution >= 4 is 49.1 Å². The van der Waals surface area contributed by atoms with Crippen LogP contribution in [0.1, 0.15) is 62.8 Å². The number of rotatable bonds is 8. The number of amides is 1. The molecular formula is C23H33N3O4S3. The van der Waals surface area contributed by atoms with E-state index in [1.165, 1.54) is 23.1 Å². The minimum Gasteiger partial charge on any atom is -0.335 e. The van der Waals surface area contributed by atoms with Crippen molar-refractivity contribution in [3.8, 4) is 0 Å². The topological polar surface area (TPSA) is 100 Å². The Kier molecular flexibility index (Phi) is 7.55. The fourth-order valence-electron chi connectivity index (χ4n) is 5.05. The van der Waals surface area contributed by atoms with Crippen LogP contribution in [-0.4, -0.2) is 58.5 Å². The van der Waals surface area contributed by atoms with E-state index in [4.69, 9.17) is 0 Å². The molecule has 4 rings (SSSR count). The minimum atomic E-state index is -3.07. The van der Waals surface area contributed by atoms with Gasteiger partial charge >= 0.3 is 0 Å². The molecule has 1 saturated carbocycles. The Hall–Kier alpha value is -1.39. The second kappa shape index (κ2) is 10.1. The van der Waals surface area contributed by atoms with Gasteiger partial charge in [0.1, 0.15) is 4.83 Å². The number of carbonyl (C=O) groups is 1. The highest BCUT2D eigenvalue weighted by Gasteiger charge is 2.38. The van der Waals surface area contributed by atoms with Gasteiger partial charge < -0.3 is 9.88 Å². The first-order chi connectivity index (χ1) is 15.7. The standard InChI is InChI=1S/C23H33N3O4S3/c1-4-14(2)11-18-15(3)32-22-20(18)21(28)24-23(25-22)31-12-19(27)26(16-7-5-6-8-16)17-9-10-33(29,30)13-17/h14,16-17H,4-13H2,1-3H3,(H,24,25,28)/t14-,17-/m0/s1. The van der Waals surface area contributed by atoms with Gasteiger partial charge in [-0.1, -0.05) is 44.9 Å². The molecule has 182 valence electrons. The van der Waals surface area contributed by atoms with Crippen molar-refractivity contribution in [2.75, 3.05) is 17.3 Å². The summed E-state index contributed by atoms with van der Waals surface area (Å²) in [5.74, 6) is 0.800. The van der Waals surface area contributed by atoms with E-state index in [-0.39, 0.29) is 40.8 Å². The van der Waals surface area contributed by atoms with E-state index in [1.807, 2.05) is 11.8 Å². The van der Waals surface area contributed by atoms with Crippen LogP contribution in [0.5, 0.6) is 0 Å². The molecule has 0 aromatic carbocycles. The van der Waals surface area contributed by atoms with Crippen LogP contribution in [0.3, 0.4) is 0 Å². The summed E-state index contributed by atoms with van der Waals surface area (Å²) in [4.78, 5) is 37.4. The number of fused-ring (bicyclic) bond motifs is 1. The molecule has 33 heavy (non-hydrogen) atoms. The van der Waals surface area contributed by atoms with E-state index in [9.17, 15) is 18.0 Å². The van der Waals surface area contributed by atoms with Crippen LogP contribution in [0.15, 0.2) is 9.95 Å². The lowest BCUT2D eigenvalue weighted by atomic mass is 9.98. The van der Waals surface area contributed by atoms with E-state index in [0.29, 0.717) is 22.9 Å². The van der Waals surface area contributed by atoms with Gasteiger partial charge in [-0.15, -0.1) is 11.3 Å². The number of thioether (sulfide) groups is 1. The minimum absolute atomic E-state index is 0.0587. The molecule has 2 aromatic rings. The second-order valence-electron chi connectivity index (χ2n) is 9.49. The van der Waals surface area contributed by atoms with Gasteiger partial charge in [0.25, 0.3) is 5.56 Å². The number of hydrogen-bond acceptors (Lipinski definition) is 7. The summed E-state index contributed by atoms with van der Waals surface area (Å²) in [5, 5.41) is 1.12. The largest absolute Gasteiger partial charge is 0.335 e. The third-order valence-corrected chi connectivity index (χ3v) is 10.7. The van der Waals surface area contributed by atoms with E-state index in [0.717, 1.165) is 53.8 Å². The quantitative estimate of drug-likeness (QED) is 0.426. The number of nitrogens with one attached hydrogen (secondary N) is 1. The van der Waals surface area contributed by atoms with Crippen molar-refractivity contribution in [2.24, 2.45) is 5.92 Å². The molecule has 2 aromatic heterocycles. The van der Waals surface area contributed by atoms with Gasteiger partial charge in [-0.2, -0.15) is 0 Å². The fraction of sp³-hybridized carbons (Fsp3) is 0.696. The van der Waals surface area contributed by atoms with Gasteiger partial charge in [-0.05, 0) is 44.1 Å². The van der Waals surface area contributed by atoms with Crippen LogP contribution in [0.4, 0.5) is 0 Å². The Bertz CT molecular complexity index is 1180. The summed E-state index contributed by atoms with van der Waals surface area (Å²) in [5.41, 5.74) is 0.938. The average molecular weight is 512 g/mol. The molecule has 2 atom stereocenters. The third kappa shape index (κ3) is 5.48. The molecular weight excluding hydrogens is 478 g/mol. The SMILES string of the molecule is CC[C@H](C)Cc1c(C)sc2nc(SCC(=O)N(C3CCCC3)[C@H]3CCS(=O)(=O)C3)[nH]c(=O)c12. The normalized spacial score (nSPS) is 21.6. The van der Waals surface area contributed by atoms with Gasteiger partial charge in [-0.3, -0.25) is 9.59 Å². The van der Waals surface area contributed by atoms with Crippen LogP contribution < -0.4 is 5.56 Å². The number of hydrogen-bond donors (Lipinski definition) is 1. The van der Waals surface area contributed by atoms with Gasteiger partial charge in [0.2, 0.25) is 5.91 Å². The molecule has 7 nitrogen and oxygen atoms in total. The predicted octanol–water partition coefficient (Wildman–Crippen LogP) is 3.93. The molecule has 1 amide bonds. The van der Waals surface area contributed by atoms with Gasteiger partial charge in [0, 0.05) is 17.0 Å². The summed E-state index contributed by atoms with van der Waals surface area (Å²) in [6.07, 6.45) is 6.44. The zero-order valence-corrected chi connectivity index (χ0v) is 22.0. The lowest BCUT2D eigenvalue weighted by Crippen LogP contribution is -2.47. The number of sulfone groups is 1. The molecule has 10 heteroatoms. The predicted molar refractivity (Wildman–Crippen MR) is 135 cm³/mol. The van der Waals surface area contributed by atoms with Gasteiger partial charge in [0.05, 0.1) is 22.6 Å². The highest BCUT2D eigenvalue weighted by molar-refractivity contribution is 7.99. The Morgan fingerprint density at radius 2 is 2.00 bits per heavy atom. The maximum absolute atomic E-state index is 13.3.